The molecule has 0 unspecified atom stereocenters. The summed E-state index contributed by atoms with van der Waals surface area (Å²) in [7, 11) is 0. The van der Waals surface area contributed by atoms with E-state index in [0.717, 1.165) is 38.0 Å². The number of benzene rings is 1. The second-order valence-corrected chi connectivity index (χ2v) is 6.46. The fourth-order valence-electron chi connectivity index (χ4n) is 3.12. The Kier molecular flexibility index (Phi) is 4.68. The highest BCUT2D eigenvalue weighted by atomic mass is 19.3. The minimum atomic E-state index is -2.80. The lowest BCUT2D eigenvalue weighted by Crippen LogP contribution is -2.45. The van der Waals surface area contributed by atoms with Gasteiger partial charge in [0.15, 0.2) is 0 Å². The standard InChI is InChI=1S/C17H22F2N2O2/c1-11-10-15(11)16(22)20-12-6-8-21(9-7-12)13-2-4-14(5-3-13)23-17(18)19/h2-5,11-12,15,17H,6-10H2,1H3,(H,20,22)/t11-,15+/m1/s1. The van der Waals surface area contributed by atoms with Crippen molar-refractivity contribution in [3.05, 3.63) is 24.3 Å². The van der Waals surface area contributed by atoms with Crippen molar-refractivity contribution in [2.24, 2.45) is 11.8 Å². The number of alkyl halides is 2. The molecule has 4 nitrogen and oxygen atoms in total. The van der Waals surface area contributed by atoms with E-state index in [-0.39, 0.29) is 23.6 Å². The van der Waals surface area contributed by atoms with Crippen LogP contribution in [0.15, 0.2) is 24.3 Å². The van der Waals surface area contributed by atoms with E-state index in [2.05, 4.69) is 21.9 Å². The molecule has 1 saturated carbocycles. The molecule has 1 aliphatic heterocycles. The first-order valence-electron chi connectivity index (χ1n) is 8.13. The van der Waals surface area contributed by atoms with E-state index in [1.807, 2.05) is 0 Å². The molecule has 0 aromatic heterocycles. The predicted molar refractivity (Wildman–Crippen MR) is 83.7 cm³/mol. The molecule has 0 radical (unpaired) electrons. The lowest BCUT2D eigenvalue weighted by Gasteiger charge is -2.34. The Labute approximate surface area is 134 Å². The summed E-state index contributed by atoms with van der Waals surface area (Å²) in [6, 6.07) is 6.95. The van der Waals surface area contributed by atoms with Crippen LogP contribution in [0.5, 0.6) is 5.75 Å². The molecular weight excluding hydrogens is 302 g/mol. The van der Waals surface area contributed by atoms with Crippen molar-refractivity contribution < 1.29 is 18.3 Å². The van der Waals surface area contributed by atoms with Gasteiger partial charge in [0.1, 0.15) is 5.75 Å². The maximum atomic E-state index is 12.1. The van der Waals surface area contributed by atoms with Gasteiger partial charge in [-0.3, -0.25) is 4.79 Å². The molecule has 1 aromatic rings. The molecule has 6 heteroatoms. The van der Waals surface area contributed by atoms with Gasteiger partial charge in [0, 0.05) is 30.7 Å². The van der Waals surface area contributed by atoms with Gasteiger partial charge < -0.3 is 15.0 Å². The van der Waals surface area contributed by atoms with Crippen LogP contribution in [0.2, 0.25) is 0 Å². The molecule has 2 atom stereocenters. The van der Waals surface area contributed by atoms with E-state index in [0.29, 0.717) is 5.92 Å². The molecule has 126 valence electrons. The van der Waals surface area contributed by atoms with Crippen molar-refractivity contribution in [3.63, 3.8) is 0 Å². The third-order valence-electron chi connectivity index (χ3n) is 4.71. The SMILES string of the molecule is C[C@@H]1C[C@@H]1C(=O)NC1CCN(c2ccc(OC(F)F)cc2)CC1. The molecule has 1 saturated heterocycles. The maximum Gasteiger partial charge on any atom is 0.387 e. The Morgan fingerprint density at radius 3 is 2.39 bits per heavy atom. The van der Waals surface area contributed by atoms with Crippen molar-refractivity contribution >= 4 is 11.6 Å². The molecule has 2 aliphatic rings. The van der Waals surface area contributed by atoms with Crippen LogP contribution < -0.4 is 15.0 Å². The Morgan fingerprint density at radius 1 is 1.26 bits per heavy atom. The van der Waals surface area contributed by atoms with E-state index in [4.69, 9.17) is 0 Å². The Balaban J connectivity index is 1.47. The zero-order valence-electron chi connectivity index (χ0n) is 13.2. The average molecular weight is 324 g/mol. The van der Waals surface area contributed by atoms with Crippen LogP contribution in [-0.4, -0.2) is 31.7 Å². The van der Waals surface area contributed by atoms with Crippen LogP contribution >= 0.6 is 0 Å². The summed E-state index contributed by atoms with van der Waals surface area (Å²) in [5.74, 6) is 1.12. The van der Waals surface area contributed by atoms with Crippen molar-refractivity contribution in [2.75, 3.05) is 18.0 Å². The number of amides is 1. The Hall–Kier alpha value is -1.85. The molecule has 0 bridgehead atoms. The Morgan fingerprint density at radius 2 is 1.87 bits per heavy atom. The third-order valence-corrected chi connectivity index (χ3v) is 4.71. The summed E-state index contributed by atoms with van der Waals surface area (Å²) < 4.78 is 28.6. The summed E-state index contributed by atoms with van der Waals surface area (Å²) in [6.45, 7) is 1.00. The molecule has 1 N–H and O–H groups in total. The van der Waals surface area contributed by atoms with Crippen LogP contribution in [-0.2, 0) is 4.79 Å². The molecule has 2 fully saturated rings. The van der Waals surface area contributed by atoms with Crippen LogP contribution in [0.4, 0.5) is 14.5 Å². The first-order valence-corrected chi connectivity index (χ1v) is 8.13. The second kappa shape index (κ2) is 6.72. The maximum absolute atomic E-state index is 12.1. The fraction of sp³-hybridized carbons (Fsp3) is 0.588. The second-order valence-electron chi connectivity index (χ2n) is 6.46. The number of carbonyl (C=O) groups is 1. The van der Waals surface area contributed by atoms with E-state index in [1.165, 1.54) is 0 Å². The zero-order chi connectivity index (χ0) is 16.4. The average Bonchev–Trinajstić information content (AvgIpc) is 3.25. The van der Waals surface area contributed by atoms with Gasteiger partial charge in [0.2, 0.25) is 5.91 Å². The highest BCUT2D eigenvalue weighted by molar-refractivity contribution is 5.81. The van der Waals surface area contributed by atoms with E-state index < -0.39 is 6.61 Å². The molecule has 1 heterocycles. The smallest absolute Gasteiger partial charge is 0.387 e. The summed E-state index contributed by atoms with van der Waals surface area (Å²) in [4.78, 5) is 14.2. The normalized spacial score (nSPS) is 24.6. The number of halogens is 2. The monoisotopic (exact) mass is 324 g/mol. The van der Waals surface area contributed by atoms with Gasteiger partial charge in [-0.1, -0.05) is 6.92 Å². The van der Waals surface area contributed by atoms with Gasteiger partial charge in [-0.15, -0.1) is 0 Å². The predicted octanol–water partition coefficient (Wildman–Crippen LogP) is 3.03. The van der Waals surface area contributed by atoms with E-state index >= 15 is 0 Å². The van der Waals surface area contributed by atoms with Crippen LogP contribution in [0, 0.1) is 11.8 Å². The largest absolute Gasteiger partial charge is 0.435 e. The molecule has 1 aliphatic carbocycles. The first kappa shape index (κ1) is 16.0. The zero-order valence-corrected chi connectivity index (χ0v) is 13.2. The molecule has 3 rings (SSSR count). The molecule has 1 amide bonds. The van der Waals surface area contributed by atoms with Gasteiger partial charge >= 0.3 is 6.61 Å². The lowest BCUT2D eigenvalue weighted by molar-refractivity contribution is -0.123. The highest BCUT2D eigenvalue weighted by Crippen LogP contribution is 2.38. The van der Waals surface area contributed by atoms with Crippen LogP contribution in [0.1, 0.15) is 26.2 Å². The number of anilines is 1. The number of hydrogen-bond acceptors (Lipinski definition) is 3. The van der Waals surface area contributed by atoms with Crippen molar-refractivity contribution in [1.82, 2.24) is 5.32 Å². The molecule has 23 heavy (non-hydrogen) atoms. The van der Waals surface area contributed by atoms with Gasteiger partial charge in [-0.2, -0.15) is 8.78 Å². The summed E-state index contributed by atoms with van der Waals surface area (Å²) in [5.41, 5.74) is 0.993. The van der Waals surface area contributed by atoms with Crippen LogP contribution in [0.25, 0.3) is 0 Å². The quantitative estimate of drug-likeness (QED) is 0.905. The minimum absolute atomic E-state index is 0.171. The summed E-state index contributed by atoms with van der Waals surface area (Å²) in [5, 5.41) is 3.14. The number of ether oxygens (including phenoxy) is 1. The van der Waals surface area contributed by atoms with Crippen molar-refractivity contribution in [1.29, 1.82) is 0 Å². The summed E-state index contributed by atoms with van der Waals surface area (Å²) >= 11 is 0. The van der Waals surface area contributed by atoms with Gasteiger partial charge in [-0.05, 0) is 49.4 Å². The minimum Gasteiger partial charge on any atom is -0.435 e. The van der Waals surface area contributed by atoms with Crippen molar-refractivity contribution in [3.8, 4) is 5.75 Å². The van der Waals surface area contributed by atoms with E-state index in [1.54, 1.807) is 24.3 Å². The lowest BCUT2D eigenvalue weighted by atomic mass is 10.0. The third kappa shape index (κ3) is 4.12. The number of carbonyl (C=O) groups excluding carboxylic acids is 1. The van der Waals surface area contributed by atoms with Crippen LogP contribution in [0.3, 0.4) is 0 Å². The Bertz CT molecular complexity index is 542. The number of piperidine rings is 1. The number of hydrogen-bond donors (Lipinski definition) is 1. The van der Waals surface area contributed by atoms with Gasteiger partial charge in [0.25, 0.3) is 0 Å². The van der Waals surface area contributed by atoms with Gasteiger partial charge in [0.05, 0.1) is 0 Å². The number of nitrogens with zero attached hydrogens (tertiary/aromatic N) is 1. The van der Waals surface area contributed by atoms with Crippen molar-refractivity contribution in [2.45, 2.75) is 38.8 Å². The highest BCUT2D eigenvalue weighted by Gasteiger charge is 2.39. The molecule has 0 spiro atoms. The summed E-state index contributed by atoms with van der Waals surface area (Å²) in [6.07, 6.45) is 2.82. The number of rotatable bonds is 5. The fourth-order valence-corrected chi connectivity index (χ4v) is 3.12. The molecular formula is C17H22F2N2O2. The topological polar surface area (TPSA) is 41.6 Å². The molecule has 1 aromatic carbocycles. The van der Waals surface area contributed by atoms with Gasteiger partial charge in [-0.25, -0.2) is 0 Å². The number of nitrogens with one attached hydrogen (secondary N) is 1. The van der Waals surface area contributed by atoms with E-state index in [9.17, 15) is 13.6 Å². The first-order chi connectivity index (χ1) is 11.0.